The van der Waals surface area contributed by atoms with Crippen LogP contribution in [0.3, 0.4) is 0 Å². The Kier molecular flexibility index (Phi) is 6.96. The van der Waals surface area contributed by atoms with E-state index in [2.05, 4.69) is 34.3 Å². The predicted octanol–water partition coefficient (Wildman–Crippen LogP) is -3.56. The minimum atomic E-state index is -2.55. The van der Waals surface area contributed by atoms with Gasteiger partial charge < -0.3 is 25.7 Å². The van der Waals surface area contributed by atoms with Gasteiger partial charge in [0.15, 0.2) is 12.2 Å². The van der Waals surface area contributed by atoms with Gasteiger partial charge in [-0.25, -0.2) is 48.5 Å². The first-order valence-electron chi connectivity index (χ1n) is 7.56. The summed E-state index contributed by atoms with van der Waals surface area (Å²) in [5.74, 6) is -9.14. The third kappa shape index (κ3) is 5.83. The molecule has 0 saturated heterocycles. The number of aromatic amines is 1. The Morgan fingerprint density at radius 1 is 1.14 bits per heavy atom. The molecule has 2 rings (SSSR count). The number of aliphatic hydroxyl groups is 2. The van der Waals surface area contributed by atoms with Crippen LogP contribution in [0.1, 0.15) is 5.69 Å². The van der Waals surface area contributed by atoms with Crippen LogP contribution >= 0.6 is 0 Å². The molecule has 2 heterocycles. The molecule has 3 atom stereocenters. The van der Waals surface area contributed by atoms with Crippen molar-refractivity contribution in [3.05, 3.63) is 30.1 Å². The fourth-order valence-corrected chi connectivity index (χ4v) is 1.72. The van der Waals surface area contributed by atoms with E-state index in [4.69, 9.17) is 5.73 Å². The van der Waals surface area contributed by atoms with Crippen LogP contribution in [-0.4, -0.2) is 68.3 Å². The van der Waals surface area contributed by atoms with Crippen LogP contribution in [0, 0.1) is 0 Å². The maximum absolute atomic E-state index is 12.0. The van der Waals surface area contributed by atoms with E-state index in [1.165, 1.54) is 12.5 Å². The Hall–Kier alpha value is -3.82. The van der Waals surface area contributed by atoms with Gasteiger partial charge in [0.25, 0.3) is 0 Å². The van der Waals surface area contributed by atoms with E-state index in [1.54, 1.807) is 0 Å². The van der Waals surface area contributed by atoms with Gasteiger partial charge in [-0.15, -0.1) is 0 Å². The van der Waals surface area contributed by atoms with E-state index < -0.39 is 53.9 Å². The lowest BCUT2D eigenvalue weighted by Crippen LogP contribution is -2.42. The second-order valence-corrected chi connectivity index (χ2v) is 5.28. The zero-order chi connectivity index (χ0) is 21.6. The number of nitrogens with zero attached hydrogens (tertiary/aromatic N) is 1. The molecule has 1 aromatic heterocycles. The quantitative estimate of drug-likeness (QED) is 0.276. The van der Waals surface area contributed by atoms with Gasteiger partial charge in [0.2, 0.25) is 5.76 Å². The molecule has 0 fully saturated rings. The molecule has 0 amide bonds. The Labute approximate surface area is 159 Å². The minimum absolute atomic E-state index is 0.0811. The number of aliphatic hydroxyl groups excluding tert-OH is 2. The highest BCUT2D eigenvalue weighted by atomic mass is 17.2. The van der Waals surface area contributed by atoms with Crippen LogP contribution in [-0.2, 0) is 54.7 Å². The molecule has 156 valence electrons. The van der Waals surface area contributed by atoms with Crippen molar-refractivity contribution in [1.29, 1.82) is 0 Å². The summed E-state index contributed by atoms with van der Waals surface area (Å²) in [6, 6.07) is -1.32. The Morgan fingerprint density at radius 2 is 1.76 bits per heavy atom. The van der Waals surface area contributed by atoms with Crippen molar-refractivity contribution < 1.29 is 58.5 Å². The van der Waals surface area contributed by atoms with E-state index in [9.17, 15) is 34.2 Å². The number of esters is 1. The van der Waals surface area contributed by atoms with Crippen LogP contribution in [0.25, 0.3) is 0 Å². The van der Waals surface area contributed by atoms with E-state index in [0.29, 0.717) is 5.69 Å². The number of hydrogen-bond acceptors (Lipinski definition) is 14. The first kappa shape index (κ1) is 21.5. The molecule has 1 aliphatic heterocycles. The standard InChI is InChI=1S/C14H13N3O12/c15-6(1-5-3-16-4-17-5)11(21)25-7-2-8(18)26-28-13(23)9(19)10(20)14(24)29-27-12(7)22/h2-4,6,9-10,19-20H,1,15H2,(H,16,17)/b7-2-. The van der Waals surface area contributed by atoms with Crippen LogP contribution in [0.4, 0.5) is 0 Å². The molecule has 5 N–H and O–H groups in total. The number of H-pyrrole nitrogens is 1. The van der Waals surface area contributed by atoms with Crippen molar-refractivity contribution in [2.45, 2.75) is 24.7 Å². The largest absolute Gasteiger partial charge is 0.421 e. The molecule has 15 heteroatoms. The van der Waals surface area contributed by atoms with Crippen molar-refractivity contribution in [3.8, 4) is 0 Å². The minimum Gasteiger partial charge on any atom is -0.417 e. The van der Waals surface area contributed by atoms with E-state index in [1.807, 2.05) is 0 Å². The summed E-state index contributed by atoms with van der Waals surface area (Å²) in [7, 11) is 0. The first-order valence-corrected chi connectivity index (χ1v) is 7.56. The first-order chi connectivity index (χ1) is 13.7. The topological polar surface area (TPSA) is 227 Å². The number of nitrogens with two attached hydrogens (primary N) is 1. The molecular formula is C14H13N3O12. The van der Waals surface area contributed by atoms with Crippen LogP contribution in [0.5, 0.6) is 0 Å². The number of imidazole rings is 1. The summed E-state index contributed by atoms with van der Waals surface area (Å²) in [6.45, 7) is 0. The molecule has 0 aromatic carbocycles. The number of ether oxygens (including phenoxy) is 1. The monoisotopic (exact) mass is 415 g/mol. The molecule has 0 bridgehead atoms. The molecule has 0 aliphatic carbocycles. The fraction of sp³-hybridized carbons (Fsp3) is 0.286. The lowest BCUT2D eigenvalue weighted by Gasteiger charge is -2.15. The molecular weight excluding hydrogens is 402 g/mol. The molecule has 0 spiro atoms. The molecule has 1 aliphatic rings. The zero-order valence-corrected chi connectivity index (χ0v) is 14.2. The highest BCUT2D eigenvalue weighted by molar-refractivity contribution is 5.97. The predicted molar refractivity (Wildman–Crippen MR) is 80.8 cm³/mol. The maximum atomic E-state index is 12.0. The number of rotatable bonds is 4. The maximum Gasteiger partial charge on any atom is 0.421 e. The van der Waals surface area contributed by atoms with Gasteiger partial charge in [-0.1, -0.05) is 0 Å². The smallest absolute Gasteiger partial charge is 0.417 e. The number of hydrogen-bond donors (Lipinski definition) is 4. The lowest BCUT2D eigenvalue weighted by molar-refractivity contribution is -0.274. The van der Waals surface area contributed by atoms with E-state index in [-0.39, 0.29) is 12.5 Å². The number of aromatic nitrogens is 2. The average Bonchev–Trinajstić information content (AvgIpc) is 3.20. The van der Waals surface area contributed by atoms with E-state index >= 15 is 0 Å². The van der Waals surface area contributed by atoms with E-state index in [0.717, 1.165) is 0 Å². The summed E-state index contributed by atoms with van der Waals surface area (Å²) in [5.41, 5.74) is 6.07. The van der Waals surface area contributed by atoms with Crippen molar-refractivity contribution in [2.75, 3.05) is 0 Å². The second kappa shape index (κ2) is 9.40. The van der Waals surface area contributed by atoms with Crippen molar-refractivity contribution >= 4 is 29.8 Å². The zero-order valence-electron chi connectivity index (χ0n) is 14.2. The van der Waals surface area contributed by atoms with Gasteiger partial charge in [0.1, 0.15) is 6.04 Å². The molecule has 15 nitrogen and oxygen atoms in total. The summed E-state index contributed by atoms with van der Waals surface area (Å²) in [6.07, 6.45) is -2.23. The second-order valence-electron chi connectivity index (χ2n) is 5.28. The van der Waals surface area contributed by atoms with Gasteiger partial charge in [0, 0.05) is 18.3 Å². The molecule has 29 heavy (non-hydrogen) atoms. The fourth-order valence-electron chi connectivity index (χ4n) is 1.72. The summed E-state index contributed by atoms with van der Waals surface area (Å²) < 4.78 is 4.64. The van der Waals surface area contributed by atoms with Crippen LogP contribution in [0.2, 0.25) is 0 Å². The molecule has 0 saturated carbocycles. The molecule has 0 radical (unpaired) electrons. The number of carbonyl (C=O) groups is 5. The van der Waals surface area contributed by atoms with Crippen molar-refractivity contribution in [2.24, 2.45) is 5.73 Å². The SMILES string of the molecule is NC(Cc1cnc[nH]1)C(=O)O/C1=C\C(=O)OOC(=O)C(O)C(O)C(=O)OOC1=O. The van der Waals surface area contributed by atoms with Gasteiger partial charge in [0.05, 0.1) is 12.4 Å². The highest BCUT2D eigenvalue weighted by Crippen LogP contribution is 2.09. The number of carbonyl (C=O) groups excluding carboxylic acids is 5. The van der Waals surface area contributed by atoms with Gasteiger partial charge >= 0.3 is 29.8 Å². The van der Waals surface area contributed by atoms with Gasteiger partial charge in [-0.2, -0.15) is 0 Å². The van der Waals surface area contributed by atoms with Crippen LogP contribution in [0.15, 0.2) is 24.4 Å². The van der Waals surface area contributed by atoms with Crippen LogP contribution < -0.4 is 5.73 Å². The normalized spacial score (nSPS) is 23.8. The van der Waals surface area contributed by atoms with Gasteiger partial charge in [-0.05, 0) is 0 Å². The molecule has 1 aromatic rings. The summed E-state index contributed by atoms with van der Waals surface area (Å²) >= 11 is 0. The third-order valence-electron chi connectivity index (χ3n) is 3.15. The Morgan fingerprint density at radius 3 is 2.34 bits per heavy atom. The Balaban J connectivity index is 2.15. The third-order valence-corrected chi connectivity index (χ3v) is 3.15. The Bertz CT molecular complexity index is 833. The summed E-state index contributed by atoms with van der Waals surface area (Å²) in [4.78, 5) is 80.4. The lowest BCUT2D eigenvalue weighted by atomic mass is 10.2. The molecule has 3 unspecified atom stereocenters. The van der Waals surface area contributed by atoms with Gasteiger partial charge in [-0.3, -0.25) is 0 Å². The van der Waals surface area contributed by atoms with Crippen molar-refractivity contribution in [3.63, 3.8) is 0 Å². The highest BCUT2D eigenvalue weighted by Gasteiger charge is 2.37. The average molecular weight is 415 g/mol. The van der Waals surface area contributed by atoms with Crippen molar-refractivity contribution in [1.82, 2.24) is 9.97 Å². The number of nitrogens with one attached hydrogen (secondary N) is 1. The summed E-state index contributed by atoms with van der Waals surface area (Å²) in [5, 5.41) is 18.7.